The average molecular weight is 322 g/mol. The number of carbonyl (C=O) groups excluding carboxylic acids is 2. The maximum atomic E-state index is 12.4. The van der Waals surface area contributed by atoms with E-state index >= 15 is 0 Å². The number of primary amides is 1. The Morgan fingerprint density at radius 2 is 2.17 bits per heavy atom. The zero-order valence-electron chi connectivity index (χ0n) is 13.6. The monoisotopic (exact) mass is 322 g/mol. The first-order chi connectivity index (χ1) is 10.9. The number of hydrazone groups is 1. The number of hydrogen-bond acceptors (Lipinski definition) is 5. The molecule has 0 saturated carbocycles. The van der Waals surface area contributed by atoms with Gasteiger partial charge in [0.25, 0.3) is 5.91 Å². The van der Waals surface area contributed by atoms with Gasteiger partial charge in [0, 0.05) is 30.7 Å². The lowest BCUT2D eigenvalue weighted by atomic mass is 9.93. The predicted molar refractivity (Wildman–Crippen MR) is 84.4 cm³/mol. The number of fused-ring (bicyclic) bond motifs is 1. The number of methoxy groups -OCH3 is 1. The van der Waals surface area contributed by atoms with Crippen LogP contribution in [0.4, 0.5) is 4.79 Å². The van der Waals surface area contributed by atoms with Crippen molar-refractivity contribution in [3.8, 4) is 0 Å². The van der Waals surface area contributed by atoms with E-state index in [-0.39, 0.29) is 17.7 Å². The van der Waals surface area contributed by atoms with Crippen LogP contribution in [0.5, 0.6) is 0 Å². The molecule has 1 aromatic rings. The normalized spacial score (nSPS) is 16.7. The van der Waals surface area contributed by atoms with Gasteiger partial charge in [-0.05, 0) is 26.7 Å². The molecule has 1 aliphatic rings. The lowest BCUT2D eigenvalue weighted by molar-refractivity contribution is 0.0875. The molecule has 0 aliphatic heterocycles. The van der Waals surface area contributed by atoms with Crippen molar-refractivity contribution >= 4 is 17.6 Å². The lowest BCUT2D eigenvalue weighted by Gasteiger charge is -2.13. The molecule has 8 nitrogen and oxygen atoms in total. The van der Waals surface area contributed by atoms with Gasteiger partial charge in [0.15, 0.2) is 5.76 Å². The number of furan rings is 1. The van der Waals surface area contributed by atoms with Crippen LogP contribution in [0.1, 0.15) is 47.2 Å². The van der Waals surface area contributed by atoms with Crippen LogP contribution in [-0.2, 0) is 11.2 Å². The molecule has 3 amide bonds. The highest BCUT2D eigenvalue weighted by atomic mass is 16.5. The number of urea groups is 1. The molecular formula is C15H22N4O4. The largest absolute Gasteiger partial charge is 0.455 e. The molecule has 23 heavy (non-hydrogen) atoms. The average Bonchev–Trinajstić information content (AvgIpc) is 2.83. The first-order valence-corrected chi connectivity index (χ1v) is 7.48. The Labute approximate surface area is 134 Å². The van der Waals surface area contributed by atoms with Gasteiger partial charge >= 0.3 is 6.03 Å². The van der Waals surface area contributed by atoms with Crippen molar-refractivity contribution in [2.45, 2.75) is 39.2 Å². The van der Waals surface area contributed by atoms with Crippen LogP contribution in [0.3, 0.4) is 0 Å². The quantitative estimate of drug-likeness (QED) is 0.702. The van der Waals surface area contributed by atoms with Gasteiger partial charge in [-0.3, -0.25) is 4.79 Å². The highest BCUT2D eigenvalue weighted by Gasteiger charge is 2.28. The molecule has 0 aromatic carbocycles. The van der Waals surface area contributed by atoms with E-state index in [1.165, 1.54) is 0 Å². The Morgan fingerprint density at radius 1 is 1.43 bits per heavy atom. The number of rotatable bonds is 5. The van der Waals surface area contributed by atoms with Crippen molar-refractivity contribution in [2.75, 3.05) is 13.7 Å². The Bertz CT molecular complexity index is 636. The molecule has 0 spiro atoms. The van der Waals surface area contributed by atoms with Crippen molar-refractivity contribution in [1.29, 1.82) is 0 Å². The highest BCUT2D eigenvalue weighted by Crippen LogP contribution is 2.29. The Balaban J connectivity index is 2.27. The number of hydrogen-bond donors (Lipinski definition) is 3. The van der Waals surface area contributed by atoms with Crippen molar-refractivity contribution in [3.05, 3.63) is 22.6 Å². The van der Waals surface area contributed by atoms with Gasteiger partial charge in [-0.25, -0.2) is 10.2 Å². The summed E-state index contributed by atoms with van der Waals surface area (Å²) in [6, 6.07) is -0.851. The van der Waals surface area contributed by atoms with Gasteiger partial charge in [-0.15, -0.1) is 0 Å². The van der Waals surface area contributed by atoms with Gasteiger partial charge in [0.1, 0.15) is 5.76 Å². The molecule has 2 rings (SSSR count). The SMILES string of the molecule is COCC(C)NC(=O)c1oc2c(c1C)/C(=N/NC(N)=O)CCC2. The Kier molecular flexibility index (Phi) is 5.38. The van der Waals surface area contributed by atoms with E-state index in [1.54, 1.807) is 7.11 Å². The molecule has 0 fully saturated rings. The third-order valence-corrected chi connectivity index (χ3v) is 3.63. The van der Waals surface area contributed by atoms with Crippen LogP contribution in [-0.4, -0.2) is 37.4 Å². The minimum absolute atomic E-state index is 0.126. The molecule has 1 heterocycles. The zero-order chi connectivity index (χ0) is 17.0. The molecule has 1 unspecified atom stereocenters. The highest BCUT2D eigenvalue weighted by molar-refractivity contribution is 6.06. The minimum atomic E-state index is -0.725. The van der Waals surface area contributed by atoms with Gasteiger partial charge in [0.2, 0.25) is 0 Å². The first-order valence-electron chi connectivity index (χ1n) is 7.48. The summed E-state index contributed by atoms with van der Waals surface area (Å²) in [5, 5.41) is 6.85. The topological polar surface area (TPSA) is 119 Å². The summed E-state index contributed by atoms with van der Waals surface area (Å²) < 4.78 is 10.7. The molecule has 0 bridgehead atoms. The molecule has 1 atom stereocenters. The van der Waals surface area contributed by atoms with E-state index in [9.17, 15) is 9.59 Å². The van der Waals surface area contributed by atoms with Crippen LogP contribution >= 0.6 is 0 Å². The standard InChI is InChI=1S/C15H22N4O4/c1-8(7-22-3)17-14(20)13-9(2)12-10(18-19-15(16)21)5-4-6-11(12)23-13/h8H,4-7H2,1-3H3,(H,17,20)(H3,16,19,21)/b18-10+. The molecule has 4 N–H and O–H groups in total. The number of aryl methyl sites for hydroxylation is 1. The van der Waals surface area contributed by atoms with Crippen LogP contribution < -0.4 is 16.5 Å². The lowest BCUT2D eigenvalue weighted by Crippen LogP contribution is -2.35. The number of ether oxygens (including phenoxy) is 1. The smallest absolute Gasteiger partial charge is 0.332 e. The van der Waals surface area contributed by atoms with Gasteiger partial charge in [0.05, 0.1) is 12.3 Å². The van der Waals surface area contributed by atoms with Crippen LogP contribution in [0.15, 0.2) is 9.52 Å². The summed E-state index contributed by atoms with van der Waals surface area (Å²) in [7, 11) is 1.58. The van der Waals surface area contributed by atoms with Crippen LogP contribution in [0, 0.1) is 6.92 Å². The number of nitrogens with one attached hydrogen (secondary N) is 2. The van der Waals surface area contributed by atoms with E-state index in [4.69, 9.17) is 14.9 Å². The second-order valence-electron chi connectivity index (χ2n) is 5.57. The third kappa shape index (κ3) is 3.89. The Morgan fingerprint density at radius 3 is 2.83 bits per heavy atom. The molecular weight excluding hydrogens is 300 g/mol. The number of nitrogens with two attached hydrogens (primary N) is 1. The summed E-state index contributed by atoms with van der Waals surface area (Å²) in [5.74, 6) is 0.693. The van der Waals surface area contributed by atoms with Crippen LogP contribution in [0.2, 0.25) is 0 Å². The molecule has 0 saturated heterocycles. The van der Waals surface area contributed by atoms with Crippen molar-refractivity contribution in [1.82, 2.24) is 10.7 Å². The number of carbonyl (C=O) groups is 2. The van der Waals surface area contributed by atoms with E-state index < -0.39 is 6.03 Å². The second-order valence-corrected chi connectivity index (χ2v) is 5.57. The molecule has 1 aromatic heterocycles. The van der Waals surface area contributed by atoms with E-state index in [0.717, 1.165) is 18.4 Å². The predicted octanol–water partition coefficient (Wildman–Crippen LogP) is 1.06. The Hall–Kier alpha value is -2.35. The summed E-state index contributed by atoms with van der Waals surface area (Å²) in [5.41, 5.74) is 9.46. The van der Waals surface area contributed by atoms with Gasteiger partial charge in [-0.2, -0.15) is 5.10 Å². The fraction of sp³-hybridized carbons (Fsp3) is 0.533. The van der Waals surface area contributed by atoms with E-state index in [2.05, 4.69) is 15.8 Å². The van der Waals surface area contributed by atoms with Crippen LogP contribution in [0.25, 0.3) is 0 Å². The molecule has 8 heteroatoms. The minimum Gasteiger partial charge on any atom is -0.455 e. The maximum Gasteiger partial charge on any atom is 0.332 e. The summed E-state index contributed by atoms with van der Waals surface area (Å²) in [4.78, 5) is 23.2. The maximum absolute atomic E-state index is 12.4. The van der Waals surface area contributed by atoms with Crippen molar-refractivity contribution in [2.24, 2.45) is 10.8 Å². The molecule has 0 radical (unpaired) electrons. The van der Waals surface area contributed by atoms with Crippen molar-refractivity contribution in [3.63, 3.8) is 0 Å². The first kappa shape index (κ1) is 17.0. The second kappa shape index (κ2) is 7.28. The van der Waals surface area contributed by atoms with Crippen molar-refractivity contribution < 1.29 is 18.7 Å². The number of nitrogens with zero attached hydrogens (tertiary/aromatic N) is 1. The summed E-state index contributed by atoms with van der Waals surface area (Å²) in [6.07, 6.45) is 2.25. The van der Waals surface area contributed by atoms with E-state index in [0.29, 0.717) is 30.1 Å². The summed E-state index contributed by atoms with van der Waals surface area (Å²) in [6.45, 7) is 4.08. The van der Waals surface area contributed by atoms with E-state index in [1.807, 2.05) is 13.8 Å². The van der Waals surface area contributed by atoms with Gasteiger partial charge in [-0.1, -0.05) is 0 Å². The van der Waals surface area contributed by atoms with Gasteiger partial charge < -0.3 is 20.2 Å². The fourth-order valence-electron chi connectivity index (χ4n) is 2.70. The molecule has 126 valence electrons. The third-order valence-electron chi connectivity index (χ3n) is 3.63. The fourth-order valence-corrected chi connectivity index (χ4v) is 2.70. The summed E-state index contributed by atoms with van der Waals surface area (Å²) >= 11 is 0. The zero-order valence-corrected chi connectivity index (χ0v) is 13.6. The molecule has 1 aliphatic carbocycles. The number of amides is 3.